The number of amides is 9. The Kier molecular flexibility index (Phi) is 14.6. The van der Waals surface area contributed by atoms with Crippen LogP contribution in [0.15, 0.2) is 42.6 Å². The molecule has 4 N–H and O–H groups in total. The largest absolute Gasteiger partial charge is 0.483 e. The van der Waals surface area contributed by atoms with Gasteiger partial charge in [-0.25, -0.2) is 4.79 Å². The fourth-order valence-corrected chi connectivity index (χ4v) is 9.03. The molecule has 5 aliphatic rings. The summed E-state index contributed by atoms with van der Waals surface area (Å²) in [6.45, 7) is 5.10. The maximum Gasteiger partial charge on any atom is 0.408 e. The summed E-state index contributed by atoms with van der Waals surface area (Å²) in [5, 5.41) is 10.5. The Bertz CT molecular complexity index is 2230. The number of likely N-dealkylation sites (tertiary alicyclic amines) is 1. The number of fused-ring (bicyclic) bond motifs is 2. The smallest absolute Gasteiger partial charge is 0.408 e. The van der Waals surface area contributed by atoms with Gasteiger partial charge in [0, 0.05) is 25.2 Å². The average Bonchev–Trinajstić information content (AvgIpc) is 3.79. The summed E-state index contributed by atoms with van der Waals surface area (Å²) >= 11 is 0. The van der Waals surface area contributed by atoms with E-state index < -0.39 is 77.4 Å². The van der Waals surface area contributed by atoms with Crippen LogP contribution in [0, 0.1) is 0 Å². The number of nitrogens with zero attached hydrogens (tertiary/aromatic N) is 4. The van der Waals surface area contributed by atoms with Gasteiger partial charge in [-0.15, -0.1) is 0 Å². The highest BCUT2D eigenvalue weighted by Gasteiger charge is 2.53. The van der Waals surface area contributed by atoms with Crippen molar-refractivity contribution in [1.82, 2.24) is 41.0 Å². The van der Waals surface area contributed by atoms with Crippen LogP contribution in [0.5, 0.6) is 5.75 Å². The van der Waals surface area contributed by atoms with Crippen molar-refractivity contribution in [3.05, 3.63) is 59.4 Å². The first-order chi connectivity index (χ1) is 31.5. The minimum atomic E-state index is -1.14. The Balaban J connectivity index is 0.825. The molecule has 66 heavy (non-hydrogen) atoms. The zero-order valence-electron chi connectivity index (χ0n) is 37.3. The number of carbonyl (C=O) groups is 9. The Morgan fingerprint density at radius 3 is 2.36 bits per heavy atom. The van der Waals surface area contributed by atoms with Crippen molar-refractivity contribution in [2.45, 2.75) is 107 Å². The zero-order chi connectivity index (χ0) is 47.2. The highest BCUT2D eigenvalue weighted by Crippen LogP contribution is 2.37. The monoisotopic (exact) mass is 916 g/mol. The first-order valence-corrected chi connectivity index (χ1v) is 22.3. The molecular weight excluding hydrogens is 861 g/mol. The second-order valence-corrected chi connectivity index (χ2v) is 17.9. The van der Waals surface area contributed by atoms with Crippen molar-refractivity contribution < 1.29 is 62.1 Å². The van der Waals surface area contributed by atoms with Crippen molar-refractivity contribution in [2.75, 3.05) is 52.7 Å². The molecule has 21 heteroatoms. The van der Waals surface area contributed by atoms with Crippen LogP contribution in [0.1, 0.15) is 98.5 Å². The number of hydrogen-bond acceptors (Lipinski definition) is 14. The molecule has 21 nitrogen and oxygen atoms in total. The van der Waals surface area contributed by atoms with E-state index in [1.807, 2.05) is 0 Å². The first kappa shape index (κ1) is 47.5. The van der Waals surface area contributed by atoms with E-state index in [9.17, 15) is 43.2 Å². The van der Waals surface area contributed by atoms with Gasteiger partial charge in [0.1, 0.15) is 41.6 Å². The molecule has 6 heterocycles. The molecular formula is C45H56N8O13. The summed E-state index contributed by atoms with van der Waals surface area (Å²) in [4.78, 5) is 125. The summed E-state index contributed by atoms with van der Waals surface area (Å²) < 4.78 is 22.1. The van der Waals surface area contributed by atoms with Gasteiger partial charge in [0.15, 0.2) is 6.61 Å². The van der Waals surface area contributed by atoms with E-state index >= 15 is 0 Å². The lowest BCUT2D eigenvalue weighted by Crippen LogP contribution is -2.71. The summed E-state index contributed by atoms with van der Waals surface area (Å²) in [6.07, 6.45) is 4.90. The van der Waals surface area contributed by atoms with Gasteiger partial charge in [0.2, 0.25) is 29.5 Å². The first-order valence-electron chi connectivity index (χ1n) is 22.3. The number of piperidine rings is 1. The number of rotatable bonds is 16. The van der Waals surface area contributed by atoms with Crippen LogP contribution in [0.4, 0.5) is 4.79 Å². The van der Waals surface area contributed by atoms with Gasteiger partial charge in [0.05, 0.1) is 49.7 Å². The highest BCUT2D eigenvalue weighted by molar-refractivity contribution is 6.24. The van der Waals surface area contributed by atoms with E-state index in [-0.39, 0.29) is 93.6 Å². The lowest BCUT2D eigenvalue weighted by atomic mass is 9.84. The van der Waals surface area contributed by atoms with Gasteiger partial charge >= 0.3 is 6.09 Å². The minimum Gasteiger partial charge on any atom is -0.483 e. The number of aromatic nitrogens is 1. The van der Waals surface area contributed by atoms with Crippen molar-refractivity contribution in [1.29, 1.82) is 0 Å². The standard InChI is InChI=1S/C45H56N8O13/c1-44(2,3)66-43(62)48-29-11-5-4-9-27-14-15-31(52(27)40(29)59)41(60)51-25-45(26-51,33-13-6-7-18-46-33)50-36(56)23-64-22-21-63-20-19-47-35(55)24-65-32-12-8-10-28-37(32)42(61)53(39(28)58)30-16-17-34(54)49-38(30)57/h6-8,10,12-13,18,27,29-31H,4-5,9,11,14-17,19-26H2,1-3H3,(H,47,55)(H,48,62)(H,50,56)(H,49,54,57)/t27-,29+,30?,31+/m1/s1. The normalized spacial score (nSPS) is 22.6. The van der Waals surface area contributed by atoms with Gasteiger partial charge in [-0.3, -0.25) is 53.6 Å². The third kappa shape index (κ3) is 10.8. The zero-order valence-corrected chi connectivity index (χ0v) is 37.3. The molecule has 1 aromatic carbocycles. The van der Waals surface area contributed by atoms with Gasteiger partial charge in [0.25, 0.3) is 17.7 Å². The Hall–Kier alpha value is -6.48. The maximum absolute atomic E-state index is 14.1. The molecule has 2 aromatic rings. The molecule has 4 atom stereocenters. The molecule has 0 spiro atoms. The molecule has 4 fully saturated rings. The number of benzene rings is 1. The van der Waals surface area contributed by atoms with Crippen molar-refractivity contribution >= 4 is 53.4 Å². The topological polar surface area (TPSA) is 261 Å². The van der Waals surface area contributed by atoms with Gasteiger partial charge in [-0.2, -0.15) is 0 Å². The molecule has 354 valence electrons. The van der Waals surface area contributed by atoms with E-state index in [1.165, 1.54) is 18.2 Å². The van der Waals surface area contributed by atoms with Crippen LogP contribution in [0.3, 0.4) is 0 Å². The number of ether oxygens (including phenoxy) is 4. The predicted octanol–water partition coefficient (Wildman–Crippen LogP) is 0.692. The molecule has 9 amide bonds. The molecule has 1 aromatic heterocycles. The fraction of sp³-hybridized carbons (Fsp3) is 0.556. The number of imide groups is 2. The molecule has 5 aliphatic heterocycles. The SMILES string of the molecule is CC(C)(C)OC(=O)N[C@H]1CCCC[C@@H]2CC[C@@H](C(=O)N3CC(NC(=O)COCCOCCNC(=O)COc4cccc5c4C(=O)N(C4CCC(=O)NC4=O)C5=O)(c4ccccn4)C3)N2C1=O. The van der Waals surface area contributed by atoms with Crippen molar-refractivity contribution in [3.8, 4) is 5.75 Å². The van der Waals surface area contributed by atoms with Crippen LogP contribution >= 0.6 is 0 Å². The van der Waals surface area contributed by atoms with E-state index in [0.717, 1.165) is 24.2 Å². The fourth-order valence-electron chi connectivity index (χ4n) is 9.03. The van der Waals surface area contributed by atoms with E-state index in [0.29, 0.717) is 25.0 Å². The molecule has 0 bridgehead atoms. The summed E-state index contributed by atoms with van der Waals surface area (Å²) in [6, 6.07) is 6.89. The maximum atomic E-state index is 14.1. The van der Waals surface area contributed by atoms with Gasteiger partial charge < -0.3 is 44.7 Å². The predicted molar refractivity (Wildman–Crippen MR) is 229 cm³/mol. The van der Waals surface area contributed by atoms with Crippen LogP contribution in [-0.2, 0) is 48.5 Å². The highest BCUT2D eigenvalue weighted by atomic mass is 16.6. The van der Waals surface area contributed by atoms with Gasteiger partial charge in [-0.05, 0) is 77.1 Å². The summed E-state index contributed by atoms with van der Waals surface area (Å²) in [5.41, 5.74) is -1.20. The number of hydrogen-bond donors (Lipinski definition) is 4. The Labute approximate surface area is 380 Å². The lowest BCUT2D eigenvalue weighted by Gasteiger charge is -2.51. The summed E-state index contributed by atoms with van der Waals surface area (Å²) in [5.74, 6) is -4.16. The second-order valence-electron chi connectivity index (χ2n) is 17.9. The van der Waals surface area contributed by atoms with E-state index in [4.69, 9.17) is 18.9 Å². The Morgan fingerprint density at radius 2 is 1.62 bits per heavy atom. The molecule has 1 unspecified atom stereocenters. The number of alkyl carbamates (subject to hydrolysis) is 1. The average molecular weight is 917 g/mol. The molecule has 0 aliphatic carbocycles. The second kappa shape index (κ2) is 20.4. The molecule has 4 saturated heterocycles. The number of carbonyl (C=O) groups excluding carboxylic acids is 9. The van der Waals surface area contributed by atoms with Crippen molar-refractivity contribution in [2.24, 2.45) is 0 Å². The van der Waals surface area contributed by atoms with Crippen molar-refractivity contribution in [3.63, 3.8) is 0 Å². The van der Waals surface area contributed by atoms with E-state index in [2.05, 4.69) is 26.3 Å². The third-order valence-corrected chi connectivity index (χ3v) is 12.0. The Morgan fingerprint density at radius 1 is 0.848 bits per heavy atom. The lowest BCUT2D eigenvalue weighted by molar-refractivity contribution is -0.154. The quantitative estimate of drug-likeness (QED) is 0.134. The van der Waals surface area contributed by atoms with E-state index in [1.54, 1.807) is 55.0 Å². The number of nitrogens with one attached hydrogen (secondary N) is 4. The van der Waals surface area contributed by atoms with Crippen LogP contribution in [0.25, 0.3) is 0 Å². The van der Waals surface area contributed by atoms with Crippen LogP contribution in [0.2, 0.25) is 0 Å². The third-order valence-electron chi connectivity index (χ3n) is 12.0. The number of pyridine rings is 1. The summed E-state index contributed by atoms with van der Waals surface area (Å²) in [7, 11) is 0. The minimum absolute atomic E-state index is 0.00356. The molecule has 7 rings (SSSR count). The van der Waals surface area contributed by atoms with Gasteiger partial charge in [-0.1, -0.05) is 25.0 Å². The van der Waals surface area contributed by atoms with Crippen LogP contribution in [-0.4, -0.2) is 155 Å². The van der Waals surface area contributed by atoms with Crippen LogP contribution < -0.4 is 26.0 Å². The molecule has 0 radical (unpaired) electrons. The molecule has 0 saturated carbocycles.